The van der Waals surface area contributed by atoms with Gasteiger partial charge in [-0.25, -0.2) is 8.42 Å². The number of hydrogen-bond donors (Lipinski definition) is 1. The third-order valence-electron chi connectivity index (χ3n) is 4.47. The number of anilines is 2. The molecule has 1 amide bonds. The van der Waals surface area contributed by atoms with Crippen molar-refractivity contribution in [2.24, 2.45) is 0 Å². The molecule has 0 unspecified atom stereocenters. The van der Waals surface area contributed by atoms with Gasteiger partial charge in [0, 0.05) is 13.0 Å². The fraction of sp³-hybridized carbons (Fsp3) is 0.350. The second-order valence-corrected chi connectivity index (χ2v) is 8.95. The number of nitrogens with one attached hydrogen (secondary N) is 1. The SMILES string of the molecule is COc1ccc(NS(=O)(=O)c2ccc3c(c2)N(C(C)=O)CC(C)(C)O3)cc1OC. The molecule has 1 aliphatic heterocycles. The van der Waals surface area contributed by atoms with Crippen LogP contribution in [0.4, 0.5) is 11.4 Å². The summed E-state index contributed by atoms with van der Waals surface area (Å²) in [7, 11) is -0.940. The van der Waals surface area contributed by atoms with Crippen LogP contribution < -0.4 is 23.8 Å². The molecule has 0 fully saturated rings. The number of hydrogen-bond acceptors (Lipinski definition) is 6. The van der Waals surface area contributed by atoms with Crippen LogP contribution in [0.25, 0.3) is 0 Å². The Balaban J connectivity index is 1.96. The minimum Gasteiger partial charge on any atom is -0.493 e. The molecular weight excluding hydrogens is 396 g/mol. The monoisotopic (exact) mass is 420 g/mol. The number of rotatable bonds is 5. The van der Waals surface area contributed by atoms with E-state index >= 15 is 0 Å². The molecule has 1 aliphatic rings. The van der Waals surface area contributed by atoms with Crippen molar-refractivity contribution < 1.29 is 27.4 Å². The molecule has 0 aliphatic carbocycles. The third-order valence-corrected chi connectivity index (χ3v) is 5.85. The summed E-state index contributed by atoms with van der Waals surface area (Å²) >= 11 is 0. The molecule has 8 nitrogen and oxygen atoms in total. The van der Waals surface area contributed by atoms with Crippen LogP contribution in [0.15, 0.2) is 41.3 Å². The van der Waals surface area contributed by atoms with Gasteiger partial charge in [-0.2, -0.15) is 0 Å². The predicted molar refractivity (Wildman–Crippen MR) is 110 cm³/mol. The van der Waals surface area contributed by atoms with Crippen LogP contribution in [0.3, 0.4) is 0 Å². The minimum atomic E-state index is -3.91. The number of nitrogens with zero attached hydrogens (tertiary/aromatic N) is 1. The van der Waals surface area contributed by atoms with E-state index in [1.54, 1.807) is 18.2 Å². The van der Waals surface area contributed by atoms with E-state index in [9.17, 15) is 13.2 Å². The Morgan fingerprint density at radius 1 is 1.10 bits per heavy atom. The van der Waals surface area contributed by atoms with Crippen LogP contribution in [-0.4, -0.2) is 40.7 Å². The Labute approximate surface area is 170 Å². The molecule has 0 atom stereocenters. The first-order valence-corrected chi connectivity index (χ1v) is 10.4. The van der Waals surface area contributed by atoms with Crippen LogP contribution in [-0.2, 0) is 14.8 Å². The van der Waals surface area contributed by atoms with Crippen molar-refractivity contribution in [2.45, 2.75) is 31.3 Å². The predicted octanol–water partition coefficient (Wildman–Crippen LogP) is 3.03. The second-order valence-electron chi connectivity index (χ2n) is 7.27. The highest BCUT2D eigenvalue weighted by molar-refractivity contribution is 7.92. The van der Waals surface area contributed by atoms with Crippen LogP contribution in [0.2, 0.25) is 0 Å². The third kappa shape index (κ3) is 4.24. The van der Waals surface area contributed by atoms with E-state index < -0.39 is 15.6 Å². The molecule has 29 heavy (non-hydrogen) atoms. The second kappa shape index (κ2) is 7.47. The number of fused-ring (bicyclic) bond motifs is 1. The van der Waals surface area contributed by atoms with E-state index in [1.807, 2.05) is 13.8 Å². The quantitative estimate of drug-likeness (QED) is 0.799. The zero-order chi connectivity index (χ0) is 21.4. The molecule has 0 saturated heterocycles. The molecule has 2 aromatic rings. The van der Waals surface area contributed by atoms with E-state index in [4.69, 9.17) is 14.2 Å². The highest BCUT2D eigenvalue weighted by Gasteiger charge is 2.34. The Kier molecular flexibility index (Phi) is 5.36. The Hall–Kier alpha value is -2.94. The van der Waals surface area contributed by atoms with Crippen molar-refractivity contribution >= 4 is 27.3 Å². The summed E-state index contributed by atoms with van der Waals surface area (Å²) in [6.45, 7) is 5.50. The Morgan fingerprint density at radius 3 is 2.41 bits per heavy atom. The number of benzene rings is 2. The van der Waals surface area contributed by atoms with Crippen molar-refractivity contribution in [3.05, 3.63) is 36.4 Å². The van der Waals surface area contributed by atoms with Gasteiger partial charge in [0.05, 0.1) is 37.0 Å². The van der Waals surface area contributed by atoms with E-state index in [1.165, 1.54) is 44.2 Å². The standard InChI is InChI=1S/C20H24N2O6S/c1-13(23)22-12-20(2,3)28-17-9-7-15(11-16(17)22)29(24,25)21-14-6-8-18(26-4)19(10-14)27-5/h6-11,21H,12H2,1-5H3. The summed E-state index contributed by atoms with van der Waals surface area (Å²) in [4.78, 5) is 13.6. The maximum atomic E-state index is 12.9. The van der Waals surface area contributed by atoms with E-state index in [2.05, 4.69) is 4.72 Å². The summed E-state index contributed by atoms with van der Waals surface area (Å²) in [6, 6.07) is 9.16. The van der Waals surface area contributed by atoms with Crippen LogP contribution in [0, 0.1) is 0 Å². The lowest BCUT2D eigenvalue weighted by Crippen LogP contribution is -2.48. The molecule has 0 bridgehead atoms. The largest absolute Gasteiger partial charge is 0.493 e. The summed E-state index contributed by atoms with van der Waals surface area (Å²) < 4.78 is 44.6. The first-order chi connectivity index (χ1) is 13.6. The molecule has 9 heteroatoms. The molecular formula is C20H24N2O6S. The van der Waals surface area contributed by atoms with Gasteiger partial charge in [-0.3, -0.25) is 9.52 Å². The van der Waals surface area contributed by atoms with E-state index in [-0.39, 0.29) is 10.8 Å². The molecule has 1 N–H and O–H groups in total. The molecule has 3 rings (SSSR count). The van der Waals surface area contributed by atoms with Crippen LogP contribution in [0.1, 0.15) is 20.8 Å². The smallest absolute Gasteiger partial charge is 0.261 e. The lowest BCUT2D eigenvalue weighted by atomic mass is 10.1. The molecule has 156 valence electrons. The van der Waals surface area contributed by atoms with Crippen LogP contribution >= 0.6 is 0 Å². The fourth-order valence-corrected chi connectivity index (χ4v) is 4.22. The molecule has 0 spiro atoms. The Bertz CT molecular complexity index is 1050. The average Bonchev–Trinajstić information content (AvgIpc) is 2.65. The zero-order valence-corrected chi connectivity index (χ0v) is 17.8. The van der Waals surface area contributed by atoms with Crippen molar-refractivity contribution in [1.82, 2.24) is 0 Å². The van der Waals surface area contributed by atoms with E-state index in [0.717, 1.165) is 0 Å². The maximum absolute atomic E-state index is 12.9. The highest BCUT2D eigenvalue weighted by Crippen LogP contribution is 2.39. The van der Waals surface area contributed by atoms with Gasteiger partial charge in [-0.05, 0) is 44.2 Å². The number of carbonyl (C=O) groups is 1. The molecule has 2 aromatic carbocycles. The first-order valence-electron chi connectivity index (χ1n) is 8.92. The summed E-state index contributed by atoms with van der Waals surface area (Å²) in [5.74, 6) is 1.16. The number of ether oxygens (including phenoxy) is 3. The lowest BCUT2D eigenvalue weighted by Gasteiger charge is -2.39. The summed E-state index contributed by atoms with van der Waals surface area (Å²) in [6.07, 6.45) is 0. The Morgan fingerprint density at radius 2 is 1.79 bits per heavy atom. The van der Waals surface area contributed by atoms with E-state index in [0.29, 0.717) is 35.2 Å². The highest BCUT2D eigenvalue weighted by atomic mass is 32.2. The molecule has 0 aromatic heterocycles. The topological polar surface area (TPSA) is 94.2 Å². The van der Waals surface area contributed by atoms with Gasteiger partial charge >= 0.3 is 0 Å². The summed E-state index contributed by atoms with van der Waals surface area (Å²) in [5.41, 5.74) is 0.171. The fourth-order valence-electron chi connectivity index (χ4n) is 3.15. The van der Waals surface area contributed by atoms with Gasteiger partial charge in [0.2, 0.25) is 5.91 Å². The normalized spacial score (nSPS) is 15.1. The van der Waals surface area contributed by atoms with Gasteiger partial charge in [0.25, 0.3) is 10.0 Å². The van der Waals surface area contributed by atoms with Crippen LogP contribution in [0.5, 0.6) is 17.2 Å². The minimum absolute atomic E-state index is 0.0144. The van der Waals surface area contributed by atoms with Gasteiger partial charge in [0.15, 0.2) is 11.5 Å². The van der Waals surface area contributed by atoms with Gasteiger partial charge < -0.3 is 19.1 Å². The molecule has 0 saturated carbocycles. The van der Waals surface area contributed by atoms with Crippen molar-refractivity contribution in [3.8, 4) is 17.2 Å². The number of carbonyl (C=O) groups excluding carboxylic acids is 1. The number of methoxy groups -OCH3 is 2. The summed E-state index contributed by atoms with van der Waals surface area (Å²) in [5, 5.41) is 0. The van der Waals surface area contributed by atoms with Crippen molar-refractivity contribution in [3.63, 3.8) is 0 Å². The number of amides is 1. The zero-order valence-electron chi connectivity index (χ0n) is 17.0. The lowest BCUT2D eigenvalue weighted by molar-refractivity contribution is -0.117. The van der Waals surface area contributed by atoms with Gasteiger partial charge in [-0.1, -0.05) is 0 Å². The molecule has 1 heterocycles. The van der Waals surface area contributed by atoms with Gasteiger partial charge in [0.1, 0.15) is 11.4 Å². The molecule has 0 radical (unpaired) electrons. The maximum Gasteiger partial charge on any atom is 0.261 e. The number of sulfonamides is 1. The average molecular weight is 420 g/mol. The van der Waals surface area contributed by atoms with Crippen molar-refractivity contribution in [1.29, 1.82) is 0 Å². The first kappa shape index (κ1) is 20.8. The van der Waals surface area contributed by atoms with Gasteiger partial charge in [-0.15, -0.1) is 0 Å². The van der Waals surface area contributed by atoms with Crippen molar-refractivity contribution in [2.75, 3.05) is 30.4 Å².